The minimum absolute atomic E-state index is 0.0990. The number of aromatic amines is 1. The summed E-state index contributed by atoms with van der Waals surface area (Å²) >= 11 is 0. The van der Waals surface area contributed by atoms with E-state index in [-0.39, 0.29) is 24.9 Å². The van der Waals surface area contributed by atoms with Gasteiger partial charge in [0.1, 0.15) is 12.2 Å². The Morgan fingerprint density at radius 2 is 2.25 bits per heavy atom. The predicted molar refractivity (Wildman–Crippen MR) is 72.2 cm³/mol. The molecule has 0 bridgehead atoms. The van der Waals surface area contributed by atoms with E-state index in [1.807, 2.05) is 12.1 Å². The molecule has 2 N–H and O–H groups in total. The standard InChI is InChI=1S/C14H15N3O3/c18-12(17(8-13(19)20)10-3-4-10)6-9-7-16-14-11(9)2-1-5-15-14/h1-2,5,7,10H,3-4,6,8H2,(H,15,16)(H,19,20). The van der Waals surface area contributed by atoms with E-state index in [1.54, 1.807) is 12.4 Å². The summed E-state index contributed by atoms with van der Waals surface area (Å²) in [6, 6.07) is 3.82. The molecule has 1 aliphatic rings. The molecule has 3 rings (SSSR count). The first-order valence-electron chi connectivity index (χ1n) is 6.57. The molecular formula is C14H15N3O3. The minimum atomic E-state index is -0.967. The van der Waals surface area contributed by atoms with E-state index in [9.17, 15) is 9.59 Å². The molecule has 20 heavy (non-hydrogen) atoms. The number of nitrogens with zero attached hydrogens (tertiary/aromatic N) is 2. The summed E-state index contributed by atoms with van der Waals surface area (Å²) in [5.74, 6) is -1.11. The highest BCUT2D eigenvalue weighted by Crippen LogP contribution is 2.27. The molecule has 104 valence electrons. The van der Waals surface area contributed by atoms with Gasteiger partial charge in [-0.3, -0.25) is 9.59 Å². The van der Waals surface area contributed by atoms with Gasteiger partial charge in [0.05, 0.1) is 6.42 Å². The molecule has 0 radical (unpaired) electrons. The van der Waals surface area contributed by atoms with Gasteiger partial charge >= 0.3 is 5.97 Å². The van der Waals surface area contributed by atoms with E-state index < -0.39 is 5.97 Å². The van der Waals surface area contributed by atoms with E-state index in [0.717, 1.165) is 29.4 Å². The van der Waals surface area contributed by atoms with Crippen molar-refractivity contribution in [3.05, 3.63) is 30.1 Å². The summed E-state index contributed by atoms with van der Waals surface area (Å²) < 4.78 is 0. The zero-order valence-corrected chi connectivity index (χ0v) is 10.9. The van der Waals surface area contributed by atoms with Crippen molar-refractivity contribution >= 4 is 22.9 Å². The van der Waals surface area contributed by atoms with Crippen molar-refractivity contribution in [3.63, 3.8) is 0 Å². The Labute approximate surface area is 115 Å². The summed E-state index contributed by atoms with van der Waals surface area (Å²) in [6.45, 7) is -0.218. The van der Waals surface area contributed by atoms with Crippen LogP contribution in [0.5, 0.6) is 0 Å². The lowest BCUT2D eigenvalue weighted by Gasteiger charge is -2.19. The molecule has 2 aromatic heterocycles. The average molecular weight is 273 g/mol. The van der Waals surface area contributed by atoms with Crippen molar-refractivity contribution in [2.45, 2.75) is 25.3 Å². The predicted octanol–water partition coefficient (Wildman–Crippen LogP) is 1.18. The summed E-state index contributed by atoms with van der Waals surface area (Å²) in [6.07, 6.45) is 5.45. The number of nitrogens with one attached hydrogen (secondary N) is 1. The summed E-state index contributed by atoms with van der Waals surface area (Å²) in [5, 5.41) is 9.81. The van der Waals surface area contributed by atoms with Crippen molar-refractivity contribution in [1.29, 1.82) is 0 Å². The molecule has 6 heteroatoms. The van der Waals surface area contributed by atoms with Crippen molar-refractivity contribution in [2.24, 2.45) is 0 Å². The average Bonchev–Trinajstić information content (AvgIpc) is 3.19. The van der Waals surface area contributed by atoms with Crippen LogP contribution in [-0.4, -0.2) is 44.4 Å². The number of carbonyl (C=O) groups excluding carboxylic acids is 1. The topological polar surface area (TPSA) is 86.3 Å². The van der Waals surface area contributed by atoms with Gasteiger partial charge in [0.25, 0.3) is 0 Å². The molecule has 0 spiro atoms. The summed E-state index contributed by atoms with van der Waals surface area (Å²) in [4.78, 5) is 31.8. The Bertz CT molecular complexity index is 660. The van der Waals surface area contributed by atoms with Crippen molar-refractivity contribution < 1.29 is 14.7 Å². The number of carbonyl (C=O) groups is 2. The second kappa shape index (κ2) is 4.96. The number of hydrogen-bond donors (Lipinski definition) is 2. The number of carboxylic acid groups (broad SMARTS) is 1. The van der Waals surface area contributed by atoms with Gasteiger partial charge in [-0.1, -0.05) is 0 Å². The Balaban J connectivity index is 1.78. The Morgan fingerprint density at radius 1 is 1.45 bits per heavy atom. The fraction of sp³-hybridized carbons (Fsp3) is 0.357. The van der Waals surface area contributed by atoms with Crippen LogP contribution < -0.4 is 0 Å². The fourth-order valence-electron chi connectivity index (χ4n) is 2.38. The van der Waals surface area contributed by atoms with Crippen LogP contribution in [0.4, 0.5) is 0 Å². The van der Waals surface area contributed by atoms with Gasteiger partial charge in [-0.15, -0.1) is 0 Å². The number of hydrogen-bond acceptors (Lipinski definition) is 3. The SMILES string of the molecule is O=C(O)CN(C(=O)Cc1c[nH]c2ncccc12)C1CC1. The smallest absolute Gasteiger partial charge is 0.323 e. The van der Waals surface area contributed by atoms with Gasteiger partial charge in [0, 0.05) is 23.8 Å². The monoisotopic (exact) mass is 273 g/mol. The number of aromatic nitrogens is 2. The molecule has 0 aliphatic heterocycles. The zero-order chi connectivity index (χ0) is 14.1. The number of amides is 1. The number of fused-ring (bicyclic) bond motifs is 1. The van der Waals surface area contributed by atoms with Crippen molar-refractivity contribution in [2.75, 3.05) is 6.54 Å². The molecular weight excluding hydrogens is 258 g/mol. The van der Waals surface area contributed by atoms with E-state index in [2.05, 4.69) is 9.97 Å². The Kier molecular flexibility index (Phi) is 3.14. The minimum Gasteiger partial charge on any atom is -0.480 e. The number of H-pyrrole nitrogens is 1. The molecule has 1 saturated carbocycles. The highest BCUT2D eigenvalue weighted by atomic mass is 16.4. The van der Waals surface area contributed by atoms with Crippen LogP contribution >= 0.6 is 0 Å². The van der Waals surface area contributed by atoms with E-state index in [4.69, 9.17) is 5.11 Å². The molecule has 0 aromatic carbocycles. The number of carboxylic acids is 1. The van der Waals surface area contributed by atoms with Gasteiger partial charge in [-0.2, -0.15) is 0 Å². The third kappa shape index (κ3) is 2.49. The molecule has 2 heterocycles. The maximum Gasteiger partial charge on any atom is 0.323 e. The first-order chi connectivity index (χ1) is 9.65. The molecule has 1 aliphatic carbocycles. The van der Waals surface area contributed by atoms with Gasteiger partial charge in [0.2, 0.25) is 5.91 Å². The van der Waals surface area contributed by atoms with Crippen LogP contribution in [0, 0.1) is 0 Å². The van der Waals surface area contributed by atoms with Crippen LogP contribution in [0.3, 0.4) is 0 Å². The third-order valence-electron chi connectivity index (χ3n) is 3.49. The van der Waals surface area contributed by atoms with Crippen molar-refractivity contribution in [3.8, 4) is 0 Å². The summed E-state index contributed by atoms with van der Waals surface area (Å²) in [5.41, 5.74) is 1.60. The van der Waals surface area contributed by atoms with Gasteiger partial charge in [0.15, 0.2) is 0 Å². The lowest BCUT2D eigenvalue weighted by Crippen LogP contribution is -2.38. The summed E-state index contributed by atoms with van der Waals surface area (Å²) in [7, 11) is 0. The van der Waals surface area contributed by atoms with Crippen LogP contribution in [0.2, 0.25) is 0 Å². The lowest BCUT2D eigenvalue weighted by atomic mass is 10.1. The molecule has 0 unspecified atom stereocenters. The van der Waals surface area contributed by atoms with Gasteiger partial charge in [-0.05, 0) is 30.5 Å². The highest BCUT2D eigenvalue weighted by molar-refractivity contribution is 5.88. The Hall–Kier alpha value is -2.37. The second-order valence-electron chi connectivity index (χ2n) is 5.04. The van der Waals surface area contributed by atoms with Crippen LogP contribution in [0.1, 0.15) is 18.4 Å². The molecule has 0 atom stereocenters. The quantitative estimate of drug-likeness (QED) is 0.856. The zero-order valence-electron chi connectivity index (χ0n) is 10.9. The highest BCUT2D eigenvalue weighted by Gasteiger charge is 2.33. The van der Waals surface area contributed by atoms with Crippen LogP contribution in [0.15, 0.2) is 24.5 Å². The number of pyridine rings is 1. The lowest BCUT2D eigenvalue weighted by molar-refractivity contribution is -0.144. The normalized spacial score (nSPS) is 14.4. The fourth-order valence-corrected chi connectivity index (χ4v) is 2.38. The number of aliphatic carboxylic acids is 1. The molecule has 1 fully saturated rings. The van der Waals surface area contributed by atoms with E-state index >= 15 is 0 Å². The second-order valence-corrected chi connectivity index (χ2v) is 5.04. The largest absolute Gasteiger partial charge is 0.480 e. The van der Waals surface area contributed by atoms with Crippen LogP contribution in [0.25, 0.3) is 11.0 Å². The Morgan fingerprint density at radius 3 is 2.95 bits per heavy atom. The van der Waals surface area contributed by atoms with Crippen molar-refractivity contribution in [1.82, 2.24) is 14.9 Å². The maximum absolute atomic E-state index is 12.3. The number of rotatable bonds is 5. The maximum atomic E-state index is 12.3. The first kappa shape index (κ1) is 12.7. The first-order valence-corrected chi connectivity index (χ1v) is 6.57. The van der Waals surface area contributed by atoms with Gasteiger partial charge in [-0.25, -0.2) is 4.98 Å². The van der Waals surface area contributed by atoms with Crippen LogP contribution in [-0.2, 0) is 16.0 Å². The molecule has 2 aromatic rings. The van der Waals surface area contributed by atoms with E-state index in [1.165, 1.54) is 4.90 Å². The van der Waals surface area contributed by atoms with E-state index in [0.29, 0.717) is 0 Å². The third-order valence-corrected chi connectivity index (χ3v) is 3.49. The molecule has 0 saturated heterocycles. The van der Waals surface area contributed by atoms with Gasteiger partial charge < -0.3 is 15.0 Å². The molecule has 6 nitrogen and oxygen atoms in total. The molecule has 1 amide bonds.